The lowest BCUT2D eigenvalue weighted by Crippen LogP contribution is -2.49. The first-order valence-corrected chi connectivity index (χ1v) is 8.42. The summed E-state index contributed by atoms with van der Waals surface area (Å²) in [6, 6.07) is 9.76. The van der Waals surface area contributed by atoms with Gasteiger partial charge in [0.2, 0.25) is 0 Å². The van der Waals surface area contributed by atoms with Crippen LogP contribution < -0.4 is 10.6 Å². The van der Waals surface area contributed by atoms with Crippen LogP contribution in [-0.2, 0) is 13.0 Å². The molecule has 0 saturated heterocycles. The van der Waals surface area contributed by atoms with Gasteiger partial charge in [-0.15, -0.1) is 24.0 Å². The monoisotopic (exact) mass is 430 g/mol. The molecule has 1 aliphatic heterocycles. The standard InChI is InChI=1S/C18H30N4.HI/c1-5-17(12-20-18(19-4)21-14(2)3)22-11-10-15-8-6-7-9-16(15)13-22;/h6-9,14,17H,5,10-13H2,1-4H3,(H2,19,20,21);1H. The molecule has 1 heterocycles. The van der Waals surface area contributed by atoms with E-state index in [9.17, 15) is 0 Å². The number of benzene rings is 1. The van der Waals surface area contributed by atoms with Gasteiger partial charge >= 0.3 is 0 Å². The van der Waals surface area contributed by atoms with Gasteiger partial charge in [-0.05, 0) is 37.8 Å². The molecule has 5 heteroatoms. The average Bonchev–Trinajstić information content (AvgIpc) is 2.53. The molecule has 0 bridgehead atoms. The second-order valence-electron chi connectivity index (χ2n) is 6.30. The molecule has 1 aromatic rings. The maximum atomic E-state index is 4.29. The van der Waals surface area contributed by atoms with Crippen molar-refractivity contribution >= 4 is 29.9 Å². The van der Waals surface area contributed by atoms with E-state index in [2.05, 4.69) is 65.6 Å². The number of nitrogens with zero attached hydrogens (tertiary/aromatic N) is 2. The molecule has 1 aromatic carbocycles. The van der Waals surface area contributed by atoms with Gasteiger partial charge in [0.05, 0.1) is 0 Å². The molecule has 0 saturated carbocycles. The predicted molar refractivity (Wildman–Crippen MR) is 110 cm³/mol. The Balaban J connectivity index is 0.00000264. The summed E-state index contributed by atoms with van der Waals surface area (Å²) in [6.07, 6.45) is 2.31. The Morgan fingerprint density at radius 3 is 2.57 bits per heavy atom. The zero-order valence-electron chi connectivity index (χ0n) is 14.8. The summed E-state index contributed by atoms with van der Waals surface area (Å²) in [6.45, 7) is 9.67. The number of hydrogen-bond acceptors (Lipinski definition) is 2. The van der Waals surface area contributed by atoms with Gasteiger partial charge in [-0.25, -0.2) is 0 Å². The second-order valence-corrected chi connectivity index (χ2v) is 6.30. The minimum Gasteiger partial charge on any atom is -0.355 e. The number of aliphatic imine (C=N–C) groups is 1. The molecule has 2 rings (SSSR count). The molecule has 4 nitrogen and oxygen atoms in total. The van der Waals surface area contributed by atoms with Crippen LogP contribution in [-0.4, -0.2) is 43.1 Å². The lowest BCUT2D eigenvalue weighted by atomic mass is 9.98. The zero-order valence-corrected chi connectivity index (χ0v) is 17.1. The normalized spacial score (nSPS) is 16.5. The van der Waals surface area contributed by atoms with Gasteiger partial charge in [0.15, 0.2) is 5.96 Å². The van der Waals surface area contributed by atoms with Crippen molar-refractivity contribution in [1.82, 2.24) is 15.5 Å². The Hall–Kier alpha value is -0.820. The Bertz CT molecular complexity index is 502. The van der Waals surface area contributed by atoms with Crippen LogP contribution >= 0.6 is 24.0 Å². The summed E-state index contributed by atoms with van der Waals surface area (Å²) in [5, 5.41) is 6.82. The van der Waals surface area contributed by atoms with E-state index in [4.69, 9.17) is 0 Å². The quantitative estimate of drug-likeness (QED) is 0.429. The molecule has 1 unspecified atom stereocenters. The van der Waals surface area contributed by atoms with Crippen molar-refractivity contribution in [2.75, 3.05) is 20.1 Å². The summed E-state index contributed by atoms with van der Waals surface area (Å²) < 4.78 is 0. The lowest BCUT2D eigenvalue weighted by molar-refractivity contribution is 0.174. The average molecular weight is 430 g/mol. The minimum atomic E-state index is 0. The molecule has 1 atom stereocenters. The number of nitrogens with one attached hydrogen (secondary N) is 2. The van der Waals surface area contributed by atoms with Crippen LogP contribution in [0.4, 0.5) is 0 Å². The molecule has 0 amide bonds. The van der Waals surface area contributed by atoms with Gasteiger partial charge in [-0.2, -0.15) is 0 Å². The van der Waals surface area contributed by atoms with E-state index in [1.165, 1.54) is 11.1 Å². The summed E-state index contributed by atoms with van der Waals surface area (Å²) in [5.41, 5.74) is 3.00. The summed E-state index contributed by atoms with van der Waals surface area (Å²) in [4.78, 5) is 6.89. The molecule has 0 spiro atoms. The molecule has 0 fully saturated rings. The number of halogens is 1. The third-order valence-electron chi connectivity index (χ3n) is 4.30. The van der Waals surface area contributed by atoms with Crippen LogP contribution in [0.25, 0.3) is 0 Å². The van der Waals surface area contributed by atoms with Gasteiger partial charge < -0.3 is 10.6 Å². The largest absolute Gasteiger partial charge is 0.355 e. The van der Waals surface area contributed by atoms with E-state index in [-0.39, 0.29) is 24.0 Å². The van der Waals surface area contributed by atoms with Gasteiger partial charge in [0.1, 0.15) is 0 Å². The highest BCUT2D eigenvalue weighted by atomic mass is 127. The summed E-state index contributed by atoms with van der Waals surface area (Å²) >= 11 is 0. The fourth-order valence-corrected chi connectivity index (χ4v) is 3.04. The fourth-order valence-electron chi connectivity index (χ4n) is 3.04. The van der Waals surface area contributed by atoms with E-state index >= 15 is 0 Å². The highest BCUT2D eigenvalue weighted by molar-refractivity contribution is 14.0. The van der Waals surface area contributed by atoms with Crippen LogP contribution in [0.5, 0.6) is 0 Å². The van der Waals surface area contributed by atoms with Crippen LogP contribution in [0.1, 0.15) is 38.3 Å². The third kappa shape index (κ3) is 5.95. The van der Waals surface area contributed by atoms with Crippen molar-refractivity contribution in [3.05, 3.63) is 35.4 Å². The SMILES string of the molecule is CCC(CNC(=NC)NC(C)C)N1CCc2ccccc2C1.I. The Morgan fingerprint density at radius 1 is 1.26 bits per heavy atom. The van der Waals surface area contributed by atoms with Crippen molar-refractivity contribution in [1.29, 1.82) is 0 Å². The lowest BCUT2D eigenvalue weighted by Gasteiger charge is -2.35. The Labute approximate surface area is 158 Å². The van der Waals surface area contributed by atoms with E-state index in [0.29, 0.717) is 12.1 Å². The maximum absolute atomic E-state index is 4.29. The molecule has 130 valence electrons. The van der Waals surface area contributed by atoms with Gasteiger partial charge in [-0.1, -0.05) is 31.2 Å². The first-order valence-electron chi connectivity index (χ1n) is 8.42. The van der Waals surface area contributed by atoms with Crippen LogP contribution in [0.3, 0.4) is 0 Å². The van der Waals surface area contributed by atoms with E-state index < -0.39 is 0 Å². The van der Waals surface area contributed by atoms with E-state index in [1.54, 1.807) is 0 Å². The highest BCUT2D eigenvalue weighted by Gasteiger charge is 2.22. The van der Waals surface area contributed by atoms with E-state index in [1.807, 2.05) is 7.05 Å². The molecule has 2 N–H and O–H groups in total. The topological polar surface area (TPSA) is 39.7 Å². The molecule has 0 aromatic heterocycles. The van der Waals surface area contributed by atoms with Gasteiger partial charge in [0.25, 0.3) is 0 Å². The van der Waals surface area contributed by atoms with Crippen molar-refractivity contribution in [3.8, 4) is 0 Å². The Morgan fingerprint density at radius 2 is 1.96 bits per heavy atom. The van der Waals surface area contributed by atoms with Gasteiger partial charge in [-0.3, -0.25) is 9.89 Å². The van der Waals surface area contributed by atoms with E-state index in [0.717, 1.165) is 38.4 Å². The van der Waals surface area contributed by atoms with Crippen molar-refractivity contribution in [2.24, 2.45) is 4.99 Å². The smallest absolute Gasteiger partial charge is 0.191 e. The first kappa shape index (κ1) is 20.2. The van der Waals surface area contributed by atoms with Crippen molar-refractivity contribution in [3.63, 3.8) is 0 Å². The van der Waals surface area contributed by atoms with Crippen LogP contribution in [0.2, 0.25) is 0 Å². The third-order valence-corrected chi connectivity index (χ3v) is 4.30. The minimum absolute atomic E-state index is 0. The molecule has 1 aliphatic rings. The number of fused-ring (bicyclic) bond motifs is 1. The second kappa shape index (κ2) is 10.1. The Kier molecular flexibility index (Phi) is 8.91. The van der Waals surface area contributed by atoms with Gasteiger partial charge in [0, 0.05) is 38.8 Å². The molecule has 0 radical (unpaired) electrons. The van der Waals surface area contributed by atoms with Crippen molar-refractivity contribution in [2.45, 2.75) is 52.2 Å². The molecule has 23 heavy (non-hydrogen) atoms. The number of guanidine groups is 1. The summed E-state index contributed by atoms with van der Waals surface area (Å²) in [7, 11) is 1.83. The maximum Gasteiger partial charge on any atom is 0.191 e. The highest BCUT2D eigenvalue weighted by Crippen LogP contribution is 2.21. The molecular formula is C18H31IN4. The fraction of sp³-hybridized carbons (Fsp3) is 0.611. The summed E-state index contributed by atoms with van der Waals surface area (Å²) in [5.74, 6) is 0.894. The van der Waals surface area contributed by atoms with Crippen LogP contribution in [0, 0.1) is 0 Å². The predicted octanol–water partition coefficient (Wildman–Crippen LogP) is 3.01. The zero-order chi connectivity index (χ0) is 15.9. The molecular weight excluding hydrogens is 399 g/mol. The van der Waals surface area contributed by atoms with Crippen molar-refractivity contribution < 1.29 is 0 Å². The first-order chi connectivity index (χ1) is 10.6. The number of hydrogen-bond donors (Lipinski definition) is 2. The molecule has 0 aliphatic carbocycles. The number of rotatable bonds is 5. The van der Waals surface area contributed by atoms with Crippen LogP contribution in [0.15, 0.2) is 29.3 Å².